The van der Waals surface area contributed by atoms with E-state index < -0.39 is 18.5 Å². The zero-order valence-electron chi connectivity index (χ0n) is 16.3. The summed E-state index contributed by atoms with van der Waals surface area (Å²) < 4.78 is 10.0. The van der Waals surface area contributed by atoms with Crippen LogP contribution in [0.1, 0.15) is 24.8 Å². The van der Waals surface area contributed by atoms with E-state index in [2.05, 4.69) is 5.32 Å². The number of nitrogens with one attached hydrogen (secondary N) is 1. The first-order valence-electron chi connectivity index (χ1n) is 9.55. The van der Waals surface area contributed by atoms with Gasteiger partial charge in [0.2, 0.25) is 11.8 Å². The van der Waals surface area contributed by atoms with Crippen LogP contribution in [-0.2, 0) is 30.5 Å². The van der Waals surface area contributed by atoms with Crippen molar-refractivity contribution < 1.29 is 28.7 Å². The minimum absolute atomic E-state index is 0.0169. The normalized spacial score (nSPS) is 20.4. The number of benzene rings is 1. The van der Waals surface area contributed by atoms with Gasteiger partial charge in [-0.05, 0) is 30.5 Å². The van der Waals surface area contributed by atoms with Crippen molar-refractivity contribution in [2.75, 3.05) is 20.3 Å². The molecule has 3 amide bonds. The molecule has 0 saturated carbocycles. The highest BCUT2D eigenvalue weighted by Gasteiger charge is 2.46. The van der Waals surface area contributed by atoms with Gasteiger partial charge in [-0.15, -0.1) is 0 Å². The third-order valence-corrected chi connectivity index (χ3v) is 5.15. The maximum Gasteiger partial charge on any atom is 0.308 e. The number of hydrogen-bond acceptors (Lipinski definition) is 6. The molecule has 1 heterocycles. The molecule has 1 aromatic carbocycles. The summed E-state index contributed by atoms with van der Waals surface area (Å²) in [6.07, 6.45) is 4.81. The molecule has 1 aliphatic carbocycles. The molecule has 29 heavy (non-hydrogen) atoms. The monoisotopic (exact) mass is 400 g/mol. The number of allylic oxidation sites excluding steroid dienone is 2. The second kappa shape index (κ2) is 9.36. The highest BCUT2D eigenvalue weighted by atomic mass is 16.5. The number of carbonyl (C=O) groups is 4. The van der Waals surface area contributed by atoms with Crippen molar-refractivity contribution in [1.29, 1.82) is 0 Å². The van der Waals surface area contributed by atoms with Crippen LogP contribution in [0.5, 0.6) is 5.75 Å². The Labute approximate surface area is 168 Å². The Balaban J connectivity index is 1.37. The quantitative estimate of drug-likeness (QED) is 0.400. The van der Waals surface area contributed by atoms with Gasteiger partial charge in [0, 0.05) is 13.1 Å². The maximum atomic E-state index is 12.3. The summed E-state index contributed by atoms with van der Waals surface area (Å²) in [5.41, 5.74) is 0.882. The lowest BCUT2D eigenvalue weighted by Crippen LogP contribution is -2.34. The van der Waals surface area contributed by atoms with Gasteiger partial charge in [-0.2, -0.15) is 0 Å². The molecule has 154 valence electrons. The van der Waals surface area contributed by atoms with Gasteiger partial charge in [0.15, 0.2) is 6.61 Å². The Morgan fingerprint density at radius 1 is 1.07 bits per heavy atom. The van der Waals surface area contributed by atoms with E-state index in [1.165, 1.54) is 0 Å². The number of carbonyl (C=O) groups excluding carboxylic acids is 4. The van der Waals surface area contributed by atoms with Crippen LogP contribution in [0.2, 0.25) is 0 Å². The zero-order chi connectivity index (χ0) is 20.8. The largest absolute Gasteiger partial charge is 0.497 e. The molecule has 1 fully saturated rings. The number of esters is 1. The van der Waals surface area contributed by atoms with Crippen LogP contribution < -0.4 is 10.1 Å². The first kappa shape index (κ1) is 20.6. The maximum absolute atomic E-state index is 12.3. The van der Waals surface area contributed by atoms with Gasteiger partial charge in [-0.3, -0.25) is 24.1 Å². The van der Waals surface area contributed by atoms with E-state index in [-0.39, 0.29) is 36.6 Å². The van der Waals surface area contributed by atoms with Gasteiger partial charge in [0.05, 0.1) is 25.4 Å². The number of methoxy groups -OCH3 is 1. The molecule has 2 aliphatic rings. The van der Waals surface area contributed by atoms with Crippen LogP contribution in [0.25, 0.3) is 0 Å². The lowest BCUT2D eigenvalue weighted by atomic mass is 9.85. The first-order valence-corrected chi connectivity index (χ1v) is 9.55. The summed E-state index contributed by atoms with van der Waals surface area (Å²) in [6, 6.07) is 7.22. The van der Waals surface area contributed by atoms with Crippen molar-refractivity contribution >= 4 is 23.7 Å². The number of rotatable bonds is 8. The molecular weight excluding hydrogens is 376 g/mol. The standard InChI is InChI=1S/C21H24N2O6/c1-28-15-8-6-14(7-9-15)12-22-18(24)13-29-19(25)10-11-23-20(26)16-4-2-3-5-17(16)21(23)27/h2-3,6-9,16-17H,4-5,10-13H2,1H3,(H,22,24)/t16-,17-/m1/s1. The second-order valence-electron chi connectivity index (χ2n) is 7.02. The smallest absolute Gasteiger partial charge is 0.308 e. The van der Waals surface area contributed by atoms with Gasteiger partial charge >= 0.3 is 5.97 Å². The fourth-order valence-electron chi connectivity index (χ4n) is 3.51. The first-order chi connectivity index (χ1) is 14.0. The Bertz CT molecular complexity index is 791. The summed E-state index contributed by atoms with van der Waals surface area (Å²) in [5.74, 6) is -1.42. The van der Waals surface area contributed by atoms with Crippen LogP contribution >= 0.6 is 0 Å². The molecule has 0 bridgehead atoms. The number of imide groups is 1. The molecule has 8 nitrogen and oxygen atoms in total. The van der Waals surface area contributed by atoms with Crippen LogP contribution in [-0.4, -0.2) is 48.9 Å². The Morgan fingerprint density at radius 2 is 1.69 bits per heavy atom. The lowest BCUT2D eigenvalue weighted by molar-refractivity contribution is -0.150. The van der Waals surface area contributed by atoms with Gasteiger partial charge in [0.1, 0.15) is 5.75 Å². The number of hydrogen-bond donors (Lipinski definition) is 1. The molecule has 0 aromatic heterocycles. The molecule has 1 aliphatic heterocycles. The second-order valence-corrected chi connectivity index (χ2v) is 7.02. The average Bonchev–Trinajstić information content (AvgIpc) is 2.99. The van der Waals surface area contributed by atoms with Crippen LogP contribution in [0.3, 0.4) is 0 Å². The number of amides is 3. The molecule has 1 aromatic rings. The summed E-state index contributed by atoms with van der Waals surface area (Å²) in [7, 11) is 1.57. The van der Waals surface area contributed by atoms with E-state index >= 15 is 0 Å². The van der Waals surface area contributed by atoms with Crippen molar-refractivity contribution in [3.8, 4) is 5.75 Å². The number of ether oxygens (including phenoxy) is 2. The molecule has 2 atom stereocenters. The summed E-state index contributed by atoms with van der Waals surface area (Å²) >= 11 is 0. The Morgan fingerprint density at radius 3 is 2.28 bits per heavy atom. The molecule has 0 unspecified atom stereocenters. The Kier molecular flexibility index (Phi) is 6.64. The third kappa shape index (κ3) is 5.01. The highest BCUT2D eigenvalue weighted by molar-refractivity contribution is 6.05. The molecule has 8 heteroatoms. The van der Waals surface area contributed by atoms with Crippen LogP contribution in [0.15, 0.2) is 36.4 Å². The van der Waals surface area contributed by atoms with Gasteiger partial charge < -0.3 is 14.8 Å². The molecule has 1 N–H and O–H groups in total. The molecule has 0 radical (unpaired) electrons. The highest BCUT2D eigenvalue weighted by Crippen LogP contribution is 2.34. The van der Waals surface area contributed by atoms with E-state index in [4.69, 9.17) is 9.47 Å². The Hall–Kier alpha value is -3.16. The van der Waals surface area contributed by atoms with Crippen LogP contribution in [0.4, 0.5) is 0 Å². The van der Waals surface area contributed by atoms with Crippen molar-refractivity contribution in [2.45, 2.75) is 25.8 Å². The van der Waals surface area contributed by atoms with Crippen molar-refractivity contribution in [3.63, 3.8) is 0 Å². The van der Waals surface area contributed by atoms with Crippen molar-refractivity contribution in [1.82, 2.24) is 10.2 Å². The van der Waals surface area contributed by atoms with E-state index in [0.717, 1.165) is 16.2 Å². The van der Waals surface area contributed by atoms with E-state index in [9.17, 15) is 19.2 Å². The van der Waals surface area contributed by atoms with Crippen LogP contribution in [0, 0.1) is 11.8 Å². The van der Waals surface area contributed by atoms with Gasteiger partial charge in [0.25, 0.3) is 5.91 Å². The fraction of sp³-hybridized carbons (Fsp3) is 0.429. The molecule has 0 spiro atoms. The number of likely N-dealkylation sites (tertiary alicyclic amines) is 1. The van der Waals surface area contributed by atoms with Crippen molar-refractivity contribution in [3.05, 3.63) is 42.0 Å². The molecular formula is C21H24N2O6. The summed E-state index contributed by atoms with van der Waals surface area (Å²) in [6.45, 7) is -0.128. The zero-order valence-corrected chi connectivity index (χ0v) is 16.3. The van der Waals surface area contributed by atoms with E-state index in [0.29, 0.717) is 19.4 Å². The van der Waals surface area contributed by atoms with Gasteiger partial charge in [-0.1, -0.05) is 24.3 Å². The fourth-order valence-corrected chi connectivity index (χ4v) is 3.51. The van der Waals surface area contributed by atoms with E-state index in [1.807, 2.05) is 24.3 Å². The van der Waals surface area contributed by atoms with E-state index in [1.54, 1.807) is 19.2 Å². The summed E-state index contributed by atoms with van der Waals surface area (Å²) in [4.78, 5) is 49.6. The summed E-state index contributed by atoms with van der Waals surface area (Å²) in [5, 5.41) is 2.65. The van der Waals surface area contributed by atoms with Crippen molar-refractivity contribution in [2.24, 2.45) is 11.8 Å². The number of fused-ring (bicyclic) bond motifs is 1. The molecule has 3 rings (SSSR count). The third-order valence-electron chi connectivity index (χ3n) is 5.15. The SMILES string of the molecule is COc1ccc(CNC(=O)COC(=O)CCN2C(=O)[C@@H]3CC=CC[C@H]3C2=O)cc1. The lowest BCUT2D eigenvalue weighted by Gasteiger charge is -2.14. The molecule has 1 saturated heterocycles. The number of nitrogens with zero attached hydrogens (tertiary/aromatic N) is 1. The minimum Gasteiger partial charge on any atom is -0.497 e. The predicted molar refractivity (Wildman–Crippen MR) is 102 cm³/mol. The topological polar surface area (TPSA) is 102 Å². The average molecular weight is 400 g/mol. The predicted octanol–water partition coefficient (Wildman–Crippen LogP) is 1.20. The minimum atomic E-state index is -0.627. The van der Waals surface area contributed by atoms with Gasteiger partial charge in [-0.25, -0.2) is 0 Å².